The fourth-order valence-corrected chi connectivity index (χ4v) is 2.60. The predicted octanol–water partition coefficient (Wildman–Crippen LogP) is 5.00. The summed E-state index contributed by atoms with van der Waals surface area (Å²) in [5.74, 6) is 0.346. The zero-order chi connectivity index (χ0) is 14.5. The molecule has 20 heavy (non-hydrogen) atoms. The van der Waals surface area contributed by atoms with Crippen LogP contribution in [0.3, 0.4) is 0 Å². The lowest BCUT2D eigenvalue weighted by Gasteiger charge is -2.08. The van der Waals surface area contributed by atoms with Gasteiger partial charge in [0.15, 0.2) is 0 Å². The summed E-state index contributed by atoms with van der Waals surface area (Å²) in [5, 5.41) is 3.33. The molecule has 2 aromatic carbocycles. The minimum absolute atomic E-state index is 0.211. The van der Waals surface area contributed by atoms with E-state index in [2.05, 4.69) is 59.4 Å². The third kappa shape index (κ3) is 4.43. The Hall–Kier alpha value is -1.19. The molecule has 0 fully saturated rings. The Balaban J connectivity index is 1.89. The van der Waals surface area contributed by atoms with Crippen molar-refractivity contribution in [3.63, 3.8) is 0 Å². The van der Waals surface area contributed by atoms with Crippen molar-refractivity contribution < 1.29 is 4.39 Å². The van der Waals surface area contributed by atoms with Gasteiger partial charge in [0.05, 0.1) is 0 Å². The lowest BCUT2D eigenvalue weighted by atomic mass is 10.0. The fourth-order valence-electron chi connectivity index (χ4n) is 2.08. The van der Waals surface area contributed by atoms with Gasteiger partial charge in [0, 0.05) is 17.6 Å². The zero-order valence-electron chi connectivity index (χ0n) is 11.8. The van der Waals surface area contributed by atoms with Gasteiger partial charge >= 0.3 is 0 Å². The Labute approximate surface area is 128 Å². The molecule has 0 heterocycles. The van der Waals surface area contributed by atoms with Gasteiger partial charge in [-0.3, -0.25) is 0 Å². The second-order valence-corrected chi connectivity index (χ2v) is 6.19. The van der Waals surface area contributed by atoms with Gasteiger partial charge in [0.2, 0.25) is 0 Å². The lowest BCUT2D eigenvalue weighted by Crippen LogP contribution is -2.12. The van der Waals surface area contributed by atoms with Gasteiger partial charge in [-0.1, -0.05) is 54.0 Å². The molecule has 0 amide bonds. The van der Waals surface area contributed by atoms with Crippen LogP contribution in [0.25, 0.3) is 0 Å². The van der Waals surface area contributed by atoms with Crippen LogP contribution in [0.1, 0.15) is 36.5 Å². The van der Waals surface area contributed by atoms with E-state index in [0.29, 0.717) is 12.5 Å². The minimum atomic E-state index is -0.211. The molecule has 0 unspecified atom stereocenters. The van der Waals surface area contributed by atoms with Crippen LogP contribution < -0.4 is 5.32 Å². The third-order valence-electron chi connectivity index (χ3n) is 3.23. The quantitative estimate of drug-likeness (QED) is 0.810. The van der Waals surface area contributed by atoms with E-state index in [9.17, 15) is 4.39 Å². The summed E-state index contributed by atoms with van der Waals surface area (Å²) in [6.07, 6.45) is 0. The first-order valence-electron chi connectivity index (χ1n) is 6.79. The molecule has 106 valence electrons. The molecule has 0 saturated carbocycles. The van der Waals surface area contributed by atoms with Crippen LogP contribution in [0.5, 0.6) is 0 Å². The highest BCUT2D eigenvalue weighted by Gasteiger charge is 2.01. The van der Waals surface area contributed by atoms with Crippen molar-refractivity contribution >= 4 is 15.9 Å². The Kier molecular flexibility index (Phi) is 5.32. The predicted molar refractivity (Wildman–Crippen MR) is 85.2 cm³/mol. The molecule has 1 N–H and O–H groups in total. The number of hydrogen-bond donors (Lipinski definition) is 1. The van der Waals surface area contributed by atoms with Crippen molar-refractivity contribution in [2.75, 3.05) is 0 Å². The van der Waals surface area contributed by atoms with E-state index >= 15 is 0 Å². The van der Waals surface area contributed by atoms with Crippen molar-refractivity contribution in [1.29, 1.82) is 0 Å². The average Bonchev–Trinajstić information content (AvgIpc) is 2.38. The van der Waals surface area contributed by atoms with E-state index in [0.717, 1.165) is 16.6 Å². The molecule has 0 aliphatic carbocycles. The Morgan fingerprint density at radius 2 is 1.65 bits per heavy atom. The summed E-state index contributed by atoms with van der Waals surface area (Å²) >= 11 is 3.30. The average molecular weight is 336 g/mol. The standard InChI is InChI=1S/C17H19BrFN/c1-12(2)15-5-3-13(4-6-15)10-20-11-14-7-16(18)9-17(19)8-14/h3-9,12,20H,10-11H2,1-2H3. The number of benzene rings is 2. The van der Waals surface area contributed by atoms with Crippen LogP contribution in [0, 0.1) is 5.82 Å². The Morgan fingerprint density at radius 1 is 1.00 bits per heavy atom. The summed E-state index contributed by atoms with van der Waals surface area (Å²) in [5.41, 5.74) is 3.53. The molecule has 2 aromatic rings. The van der Waals surface area contributed by atoms with E-state index in [1.54, 1.807) is 6.07 Å². The smallest absolute Gasteiger partial charge is 0.124 e. The van der Waals surface area contributed by atoms with Crippen molar-refractivity contribution in [2.24, 2.45) is 0 Å². The van der Waals surface area contributed by atoms with Gasteiger partial charge in [0.1, 0.15) is 5.82 Å². The van der Waals surface area contributed by atoms with E-state index in [1.165, 1.54) is 17.2 Å². The van der Waals surface area contributed by atoms with Crippen LogP contribution >= 0.6 is 15.9 Å². The second-order valence-electron chi connectivity index (χ2n) is 5.28. The molecule has 0 aliphatic rings. The van der Waals surface area contributed by atoms with E-state index in [-0.39, 0.29) is 5.82 Å². The molecule has 0 saturated heterocycles. The topological polar surface area (TPSA) is 12.0 Å². The van der Waals surface area contributed by atoms with Gasteiger partial charge in [-0.2, -0.15) is 0 Å². The number of halogens is 2. The second kappa shape index (κ2) is 7.00. The number of nitrogens with one attached hydrogen (secondary N) is 1. The lowest BCUT2D eigenvalue weighted by molar-refractivity contribution is 0.619. The summed E-state index contributed by atoms with van der Waals surface area (Å²) in [6.45, 7) is 5.82. The van der Waals surface area contributed by atoms with Crippen molar-refractivity contribution in [3.8, 4) is 0 Å². The maximum atomic E-state index is 13.2. The molecular formula is C17H19BrFN. The van der Waals surface area contributed by atoms with Crippen molar-refractivity contribution in [1.82, 2.24) is 5.32 Å². The molecular weight excluding hydrogens is 317 g/mol. The van der Waals surface area contributed by atoms with E-state index in [1.807, 2.05) is 6.07 Å². The molecule has 0 atom stereocenters. The Bertz CT molecular complexity index is 543. The summed E-state index contributed by atoms with van der Waals surface area (Å²) in [7, 11) is 0. The van der Waals surface area contributed by atoms with Gasteiger partial charge in [0.25, 0.3) is 0 Å². The van der Waals surface area contributed by atoms with Crippen LogP contribution in [-0.2, 0) is 13.1 Å². The normalized spacial score (nSPS) is 11.1. The zero-order valence-corrected chi connectivity index (χ0v) is 13.4. The van der Waals surface area contributed by atoms with Crippen LogP contribution in [0.4, 0.5) is 4.39 Å². The van der Waals surface area contributed by atoms with Gasteiger partial charge in [-0.25, -0.2) is 4.39 Å². The highest BCUT2D eigenvalue weighted by molar-refractivity contribution is 9.10. The van der Waals surface area contributed by atoms with E-state index in [4.69, 9.17) is 0 Å². The van der Waals surface area contributed by atoms with Gasteiger partial charge < -0.3 is 5.32 Å². The van der Waals surface area contributed by atoms with Crippen LogP contribution in [0.2, 0.25) is 0 Å². The molecule has 0 spiro atoms. The van der Waals surface area contributed by atoms with Gasteiger partial charge in [-0.05, 0) is 40.8 Å². The third-order valence-corrected chi connectivity index (χ3v) is 3.68. The summed E-state index contributed by atoms with van der Waals surface area (Å²) < 4.78 is 14.0. The molecule has 0 bridgehead atoms. The maximum absolute atomic E-state index is 13.2. The number of rotatable bonds is 5. The highest BCUT2D eigenvalue weighted by Crippen LogP contribution is 2.16. The van der Waals surface area contributed by atoms with Crippen molar-refractivity contribution in [3.05, 3.63) is 69.4 Å². The SMILES string of the molecule is CC(C)c1ccc(CNCc2cc(F)cc(Br)c2)cc1. The maximum Gasteiger partial charge on any atom is 0.124 e. The molecule has 0 radical (unpaired) electrons. The van der Waals surface area contributed by atoms with E-state index < -0.39 is 0 Å². The molecule has 0 aromatic heterocycles. The highest BCUT2D eigenvalue weighted by atomic mass is 79.9. The largest absolute Gasteiger partial charge is 0.309 e. The van der Waals surface area contributed by atoms with Gasteiger partial charge in [-0.15, -0.1) is 0 Å². The fraction of sp³-hybridized carbons (Fsp3) is 0.294. The number of hydrogen-bond acceptors (Lipinski definition) is 1. The Morgan fingerprint density at radius 3 is 2.25 bits per heavy atom. The molecule has 0 aliphatic heterocycles. The summed E-state index contributed by atoms with van der Waals surface area (Å²) in [6, 6.07) is 13.6. The van der Waals surface area contributed by atoms with Crippen LogP contribution in [-0.4, -0.2) is 0 Å². The first kappa shape index (κ1) is 15.2. The minimum Gasteiger partial charge on any atom is -0.309 e. The monoisotopic (exact) mass is 335 g/mol. The molecule has 3 heteroatoms. The van der Waals surface area contributed by atoms with Crippen LogP contribution in [0.15, 0.2) is 46.9 Å². The molecule has 1 nitrogen and oxygen atoms in total. The molecule has 2 rings (SSSR count). The summed E-state index contributed by atoms with van der Waals surface area (Å²) in [4.78, 5) is 0. The first-order chi connectivity index (χ1) is 9.54. The first-order valence-corrected chi connectivity index (χ1v) is 7.58. The van der Waals surface area contributed by atoms with Crippen molar-refractivity contribution in [2.45, 2.75) is 32.9 Å².